The Morgan fingerprint density at radius 2 is 1.86 bits per heavy atom. The van der Waals surface area contributed by atoms with E-state index in [4.69, 9.17) is 11.6 Å². The Morgan fingerprint density at radius 3 is 2.62 bits per heavy atom. The number of aromatic nitrogens is 2. The fraction of sp³-hybridized carbons (Fsp3) is 0.300. The number of sulfonamides is 1. The van der Waals surface area contributed by atoms with E-state index in [-0.39, 0.29) is 10.8 Å². The van der Waals surface area contributed by atoms with Crippen molar-refractivity contribution in [3.05, 3.63) is 47.9 Å². The summed E-state index contributed by atoms with van der Waals surface area (Å²) in [5.74, 6) is 0. The molecule has 9 heteroatoms. The van der Waals surface area contributed by atoms with E-state index >= 15 is 0 Å². The van der Waals surface area contributed by atoms with Gasteiger partial charge in [0.25, 0.3) is 0 Å². The van der Waals surface area contributed by atoms with Crippen molar-refractivity contribution < 1.29 is 8.42 Å². The second-order valence-corrected chi connectivity index (χ2v) is 9.30. The van der Waals surface area contributed by atoms with Crippen molar-refractivity contribution in [3.63, 3.8) is 0 Å². The second kappa shape index (κ2) is 8.14. The van der Waals surface area contributed by atoms with Gasteiger partial charge < -0.3 is 10.6 Å². The number of fused-ring (bicyclic) bond motifs is 1. The lowest BCUT2D eigenvalue weighted by molar-refractivity contribution is 0.479. The first kappa shape index (κ1) is 19.9. The Hall–Kier alpha value is -2.42. The molecule has 0 aliphatic carbocycles. The highest BCUT2D eigenvalue weighted by Crippen LogP contribution is 2.31. The molecular weight excluding hydrogens is 410 g/mol. The normalized spacial score (nSPS) is 15.4. The number of anilines is 2. The summed E-state index contributed by atoms with van der Waals surface area (Å²) in [6, 6.07) is 10.0. The molecule has 2 aromatic heterocycles. The highest BCUT2D eigenvalue weighted by atomic mass is 35.5. The first-order valence-electron chi connectivity index (χ1n) is 9.39. The lowest BCUT2D eigenvalue weighted by Crippen LogP contribution is -2.35. The summed E-state index contributed by atoms with van der Waals surface area (Å²) in [5, 5.41) is 8.14. The van der Waals surface area contributed by atoms with Gasteiger partial charge in [-0.05, 0) is 55.8 Å². The van der Waals surface area contributed by atoms with Crippen molar-refractivity contribution in [2.24, 2.45) is 0 Å². The maximum Gasteiger partial charge on any atom is 0.229 e. The van der Waals surface area contributed by atoms with E-state index in [0.717, 1.165) is 59.9 Å². The summed E-state index contributed by atoms with van der Waals surface area (Å²) < 4.78 is 25.6. The third-order valence-corrected chi connectivity index (χ3v) is 5.80. The molecule has 0 radical (unpaired) electrons. The molecule has 0 atom stereocenters. The zero-order valence-electron chi connectivity index (χ0n) is 15.9. The van der Waals surface area contributed by atoms with Crippen LogP contribution in [0, 0.1) is 0 Å². The van der Waals surface area contributed by atoms with Gasteiger partial charge in [-0.25, -0.2) is 13.4 Å². The van der Waals surface area contributed by atoms with Crippen LogP contribution < -0.4 is 15.4 Å². The van der Waals surface area contributed by atoms with E-state index in [1.54, 1.807) is 12.3 Å². The van der Waals surface area contributed by atoms with Gasteiger partial charge in [0.1, 0.15) is 0 Å². The lowest BCUT2D eigenvalue weighted by atomic mass is 10.0. The van der Waals surface area contributed by atoms with Crippen LogP contribution in [0.25, 0.3) is 22.0 Å². The molecule has 3 aromatic rings. The molecule has 0 bridgehead atoms. The van der Waals surface area contributed by atoms with Gasteiger partial charge in [-0.3, -0.25) is 9.71 Å². The minimum absolute atomic E-state index is 0.106. The molecule has 0 spiro atoms. The molecule has 29 heavy (non-hydrogen) atoms. The van der Waals surface area contributed by atoms with E-state index in [9.17, 15) is 8.42 Å². The zero-order valence-corrected chi connectivity index (χ0v) is 17.5. The third kappa shape index (κ3) is 4.77. The van der Waals surface area contributed by atoms with E-state index in [0.29, 0.717) is 6.04 Å². The van der Waals surface area contributed by atoms with E-state index in [2.05, 4.69) is 25.3 Å². The standard InChI is InChI=1S/C20H22ClN5O2S/c1-29(27,28)26-19-11-14(12-24-20(19)21)13-2-3-17-16(10-13)18(6-9-23-17)25-15-4-7-22-8-5-15/h2-3,6,9-12,15,22,26H,4-5,7-8H2,1H3,(H,23,25). The molecule has 1 aliphatic heterocycles. The monoisotopic (exact) mass is 431 g/mol. The number of hydrogen-bond donors (Lipinski definition) is 3. The molecule has 3 heterocycles. The minimum atomic E-state index is -3.46. The number of benzene rings is 1. The van der Waals surface area contributed by atoms with E-state index in [1.165, 1.54) is 0 Å². The van der Waals surface area contributed by atoms with Crippen molar-refractivity contribution in [1.82, 2.24) is 15.3 Å². The minimum Gasteiger partial charge on any atom is -0.382 e. The van der Waals surface area contributed by atoms with Gasteiger partial charge in [-0.2, -0.15) is 0 Å². The molecule has 1 aromatic carbocycles. The average Bonchev–Trinajstić information content (AvgIpc) is 2.69. The largest absolute Gasteiger partial charge is 0.382 e. The maximum absolute atomic E-state index is 11.6. The number of hydrogen-bond acceptors (Lipinski definition) is 6. The topological polar surface area (TPSA) is 96.0 Å². The molecule has 1 aliphatic rings. The summed E-state index contributed by atoms with van der Waals surface area (Å²) in [7, 11) is -3.46. The van der Waals surface area contributed by atoms with Crippen LogP contribution >= 0.6 is 11.6 Å². The second-order valence-electron chi connectivity index (χ2n) is 7.20. The number of nitrogens with zero attached hydrogens (tertiary/aromatic N) is 2. The van der Waals surface area contributed by atoms with Crippen LogP contribution in [0.3, 0.4) is 0 Å². The smallest absolute Gasteiger partial charge is 0.229 e. The number of nitrogens with one attached hydrogen (secondary N) is 3. The van der Waals surface area contributed by atoms with Crippen LogP contribution in [0.1, 0.15) is 12.8 Å². The Labute approximate surface area is 175 Å². The van der Waals surface area contributed by atoms with Gasteiger partial charge in [0.2, 0.25) is 10.0 Å². The summed E-state index contributed by atoms with van der Waals surface area (Å²) in [5.41, 5.74) is 3.86. The van der Waals surface area contributed by atoms with Gasteiger partial charge >= 0.3 is 0 Å². The summed E-state index contributed by atoms with van der Waals surface area (Å²) >= 11 is 6.06. The molecule has 1 saturated heterocycles. The molecule has 7 nitrogen and oxygen atoms in total. The predicted octanol–water partition coefficient (Wildman–Crippen LogP) is 3.49. The van der Waals surface area contributed by atoms with Crippen LogP contribution in [-0.2, 0) is 10.0 Å². The summed E-state index contributed by atoms with van der Waals surface area (Å²) in [6.07, 6.45) is 6.67. The maximum atomic E-state index is 11.6. The van der Waals surface area contributed by atoms with E-state index < -0.39 is 10.0 Å². The number of piperidine rings is 1. The predicted molar refractivity (Wildman–Crippen MR) is 118 cm³/mol. The van der Waals surface area contributed by atoms with Gasteiger partial charge in [-0.1, -0.05) is 17.7 Å². The van der Waals surface area contributed by atoms with Gasteiger partial charge in [0.15, 0.2) is 5.15 Å². The van der Waals surface area contributed by atoms with Gasteiger partial charge in [-0.15, -0.1) is 0 Å². The number of rotatable bonds is 5. The Morgan fingerprint density at radius 1 is 1.07 bits per heavy atom. The van der Waals surface area contributed by atoms with Crippen LogP contribution in [0.4, 0.5) is 11.4 Å². The molecule has 0 amide bonds. The van der Waals surface area contributed by atoms with Crippen molar-refractivity contribution in [2.45, 2.75) is 18.9 Å². The van der Waals surface area contributed by atoms with Crippen LogP contribution in [0.5, 0.6) is 0 Å². The molecule has 0 saturated carbocycles. The summed E-state index contributed by atoms with van der Waals surface area (Å²) in [4.78, 5) is 8.61. The number of pyridine rings is 2. The third-order valence-electron chi connectivity index (χ3n) is 4.91. The quantitative estimate of drug-likeness (QED) is 0.535. The van der Waals surface area contributed by atoms with Crippen molar-refractivity contribution in [2.75, 3.05) is 29.4 Å². The van der Waals surface area contributed by atoms with Crippen molar-refractivity contribution >= 4 is 43.9 Å². The first-order valence-corrected chi connectivity index (χ1v) is 11.7. The fourth-order valence-corrected chi connectivity index (χ4v) is 4.28. The first-order chi connectivity index (χ1) is 13.9. The molecule has 0 unspecified atom stereocenters. The van der Waals surface area contributed by atoms with E-state index in [1.807, 2.05) is 30.5 Å². The van der Waals surface area contributed by atoms with Gasteiger partial charge in [0.05, 0.1) is 17.5 Å². The molecule has 1 fully saturated rings. The highest BCUT2D eigenvalue weighted by molar-refractivity contribution is 7.92. The zero-order chi connectivity index (χ0) is 20.4. The van der Waals surface area contributed by atoms with Crippen molar-refractivity contribution in [3.8, 4) is 11.1 Å². The van der Waals surface area contributed by atoms with Crippen LogP contribution in [0.15, 0.2) is 42.7 Å². The Balaban J connectivity index is 1.71. The SMILES string of the molecule is CS(=O)(=O)Nc1cc(-c2ccc3nccc(NC4CCNCC4)c3c2)cnc1Cl. The number of halogens is 1. The molecular formula is C20H22ClN5O2S. The van der Waals surface area contributed by atoms with Crippen molar-refractivity contribution in [1.29, 1.82) is 0 Å². The lowest BCUT2D eigenvalue weighted by Gasteiger charge is -2.25. The molecule has 4 rings (SSSR count). The Kier molecular flexibility index (Phi) is 5.58. The Bertz CT molecular complexity index is 1150. The highest BCUT2D eigenvalue weighted by Gasteiger charge is 2.15. The molecule has 3 N–H and O–H groups in total. The van der Waals surface area contributed by atoms with Crippen LogP contribution in [-0.4, -0.2) is 43.8 Å². The fourth-order valence-electron chi connectivity index (χ4n) is 3.52. The van der Waals surface area contributed by atoms with Crippen LogP contribution in [0.2, 0.25) is 5.15 Å². The average molecular weight is 432 g/mol. The molecule has 152 valence electrons. The summed E-state index contributed by atoms with van der Waals surface area (Å²) in [6.45, 7) is 2.02. The van der Waals surface area contributed by atoms with Gasteiger partial charge in [0, 0.05) is 35.1 Å².